The molecular formula is C18H20N2O2S. The summed E-state index contributed by atoms with van der Waals surface area (Å²) < 4.78 is 6.51. The highest BCUT2D eigenvalue weighted by atomic mass is 32.1. The highest BCUT2D eigenvalue weighted by molar-refractivity contribution is 7.18. The van der Waals surface area contributed by atoms with Crippen LogP contribution in [0.5, 0.6) is 5.75 Å². The van der Waals surface area contributed by atoms with Gasteiger partial charge in [0.15, 0.2) is 5.60 Å². The number of para-hydroxylation sites is 1. The molecule has 0 spiro atoms. The van der Waals surface area contributed by atoms with Gasteiger partial charge in [-0.25, -0.2) is 4.98 Å². The average molecular weight is 328 g/mol. The number of fused-ring (bicyclic) bond motifs is 1. The lowest BCUT2D eigenvalue weighted by Gasteiger charge is -2.39. The van der Waals surface area contributed by atoms with Crippen molar-refractivity contribution in [2.75, 3.05) is 7.11 Å². The molecule has 1 N–H and O–H groups in total. The van der Waals surface area contributed by atoms with Crippen LogP contribution in [0.3, 0.4) is 0 Å². The minimum atomic E-state index is -1.30. The van der Waals surface area contributed by atoms with E-state index in [9.17, 15) is 5.11 Å². The molecule has 0 aliphatic rings. The van der Waals surface area contributed by atoms with Gasteiger partial charge in [0.05, 0.1) is 22.9 Å². The lowest BCUT2D eigenvalue weighted by molar-refractivity contribution is -0.0278. The van der Waals surface area contributed by atoms with Gasteiger partial charge in [0.1, 0.15) is 10.8 Å². The average Bonchev–Trinajstić information content (AvgIpc) is 2.97. The Hall–Kier alpha value is -1.98. The Kier molecular flexibility index (Phi) is 3.86. The van der Waals surface area contributed by atoms with Gasteiger partial charge in [-0.1, -0.05) is 32.9 Å². The summed E-state index contributed by atoms with van der Waals surface area (Å²) in [6, 6.07) is 9.66. The lowest BCUT2D eigenvalue weighted by Crippen LogP contribution is -2.41. The second-order valence-corrected chi connectivity index (χ2v) is 7.55. The fraction of sp³-hybridized carbons (Fsp3) is 0.333. The number of hydrogen-bond donors (Lipinski definition) is 1. The van der Waals surface area contributed by atoms with Crippen molar-refractivity contribution in [1.29, 1.82) is 0 Å². The maximum absolute atomic E-state index is 11.7. The first-order valence-electron chi connectivity index (χ1n) is 7.45. The summed E-state index contributed by atoms with van der Waals surface area (Å²) in [5.41, 5.74) is -0.264. The van der Waals surface area contributed by atoms with Crippen molar-refractivity contribution >= 4 is 21.6 Å². The standard InChI is InChI=1S/C18H20N2O2S/c1-17(2,3)18(21,12-11-19-10-9-14(12)22-4)16-20-13-7-5-6-8-15(13)23-16/h5-11,21H,1-4H3. The highest BCUT2D eigenvalue weighted by Crippen LogP contribution is 2.49. The van der Waals surface area contributed by atoms with E-state index in [0.29, 0.717) is 16.3 Å². The van der Waals surface area contributed by atoms with Gasteiger partial charge in [0.25, 0.3) is 0 Å². The van der Waals surface area contributed by atoms with Crippen molar-refractivity contribution in [2.24, 2.45) is 5.41 Å². The fourth-order valence-electron chi connectivity index (χ4n) is 2.70. The number of aromatic nitrogens is 2. The molecule has 4 nitrogen and oxygen atoms in total. The normalized spacial score (nSPS) is 14.7. The number of thiazole rings is 1. The Labute approximate surface area is 139 Å². The van der Waals surface area contributed by atoms with Crippen LogP contribution < -0.4 is 4.74 Å². The van der Waals surface area contributed by atoms with Gasteiger partial charge < -0.3 is 9.84 Å². The molecule has 0 radical (unpaired) electrons. The molecule has 1 aromatic carbocycles. The fourth-order valence-corrected chi connectivity index (χ4v) is 3.98. The summed E-state index contributed by atoms with van der Waals surface area (Å²) in [5.74, 6) is 0.608. The van der Waals surface area contributed by atoms with Crippen LogP contribution in [0.15, 0.2) is 42.7 Å². The second-order valence-electron chi connectivity index (χ2n) is 6.52. The van der Waals surface area contributed by atoms with Crippen molar-refractivity contribution in [3.05, 3.63) is 53.3 Å². The van der Waals surface area contributed by atoms with E-state index in [-0.39, 0.29) is 0 Å². The van der Waals surface area contributed by atoms with Crippen LogP contribution in [0.4, 0.5) is 0 Å². The first-order valence-corrected chi connectivity index (χ1v) is 8.26. The Bertz CT molecular complexity index is 805. The molecule has 120 valence electrons. The highest BCUT2D eigenvalue weighted by Gasteiger charge is 2.48. The van der Waals surface area contributed by atoms with Gasteiger partial charge >= 0.3 is 0 Å². The zero-order valence-corrected chi connectivity index (χ0v) is 14.5. The number of rotatable bonds is 3. The second kappa shape index (κ2) is 5.58. The molecule has 0 aliphatic carbocycles. The van der Waals surface area contributed by atoms with Crippen molar-refractivity contribution < 1.29 is 9.84 Å². The zero-order valence-electron chi connectivity index (χ0n) is 13.7. The molecule has 0 amide bonds. The minimum absolute atomic E-state index is 0.489. The molecule has 3 rings (SSSR count). The first kappa shape index (κ1) is 15.9. The molecule has 0 bridgehead atoms. The van der Waals surface area contributed by atoms with E-state index in [2.05, 4.69) is 9.97 Å². The quantitative estimate of drug-likeness (QED) is 0.790. The molecule has 0 saturated heterocycles. The van der Waals surface area contributed by atoms with Crippen molar-refractivity contribution in [3.8, 4) is 5.75 Å². The largest absolute Gasteiger partial charge is 0.496 e. The third-order valence-corrected chi connectivity index (χ3v) is 5.22. The molecule has 0 fully saturated rings. The Morgan fingerprint density at radius 3 is 2.52 bits per heavy atom. The molecule has 1 atom stereocenters. The minimum Gasteiger partial charge on any atom is -0.496 e. The summed E-state index contributed by atoms with van der Waals surface area (Å²) >= 11 is 1.50. The van der Waals surface area contributed by atoms with Crippen LogP contribution >= 0.6 is 11.3 Å². The van der Waals surface area contributed by atoms with Crippen LogP contribution in [0, 0.1) is 5.41 Å². The number of methoxy groups -OCH3 is 1. The van der Waals surface area contributed by atoms with E-state index in [1.807, 2.05) is 45.0 Å². The van der Waals surface area contributed by atoms with Crippen LogP contribution in [-0.2, 0) is 5.60 Å². The van der Waals surface area contributed by atoms with Gasteiger partial charge in [-0.3, -0.25) is 4.98 Å². The SMILES string of the molecule is COc1ccncc1C(O)(c1nc2ccccc2s1)C(C)(C)C. The summed E-state index contributed by atoms with van der Waals surface area (Å²) in [4.78, 5) is 8.88. The molecule has 23 heavy (non-hydrogen) atoms. The third-order valence-electron chi connectivity index (χ3n) is 4.08. The van der Waals surface area contributed by atoms with Gasteiger partial charge in [0, 0.05) is 17.8 Å². The predicted octanol–water partition coefficient (Wildman–Crippen LogP) is 3.98. The lowest BCUT2D eigenvalue weighted by atomic mass is 9.72. The Morgan fingerprint density at radius 2 is 1.87 bits per heavy atom. The number of aliphatic hydroxyl groups is 1. The molecule has 3 aromatic rings. The Balaban J connectivity index is 2.29. The molecule has 2 heterocycles. The van der Waals surface area contributed by atoms with E-state index in [4.69, 9.17) is 4.74 Å². The summed E-state index contributed by atoms with van der Waals surface area (Å²) in [5, 5.41) is 12.4. The van der Waals surface area contributed by atoms with Crippen molar-refractivity contribution in [3.63, 3.8) is 0 Å². The van der Waals surface area contributed by atoms with Crippen LogP contribution in [0.1, 0.15) is 31.3 Å². The summed E-state index contributed by atoms with van der Waals surface area (Å²) in [7, 11) is 1.60. The van der Waals surface area contributed by atoms with Crippen LogP contribution in [0.2, 0.25) is 0 Å². The van der Waals surface area contributed by atoms with Gasteiger partial charge in [-0.15, -0.1) is 11.3 Å². The number of nitrogens with zero attached hydrogens (tertiary/aromatic N) is 2. The monoisotopic (exact) mass is 328 g/mol. The number of hydrogen-bond acceptors (Lipinski definition) is 5. The zero-order chi connectivity index (χ0) is 16.7. The first-order chi connectivity index (χ1) is 10.9. The molecular weight excluding hydrogens is 308 g/mol. The number of ether oxygens (including phenoxy) is 1. The summed E-state index contributed by atoms with van der Waals surface area (Å²) in [6.07, 6.45) is 3.32. The maximum Gasteiger partial charge on any atom is 0.151 e. The van der Waals surface area contributed by atoms with Crippen molar-refractivity contribution in [1.82, 2.24) is 9.97 Å². The molecule has 5 heteroatoms. The Morgan fingerprint density at radius 1 is 1.13 bits per heavy atom. The molecule has 0 aliphatic heterocycles. The topological polar surface area (TPSA) is 55.2 Å². The van der Waals surface area contributed by atoms with Crippen LogP contribution in [-0.4, -0.2) is 22.2 Å². The molecule has 2 aromatic heterocycles. The van der Waals surface area contributed by atoms with E-state index in [0.717, 1.165) is 10.2 Å². The van der Waals surface area contributed by atoms with E-state index < -0.39 is 11.0 Å². The van der Waals surface area contributed by atoms with Gasteiger partial charge in [-0.05, 0) is 18.2 Å². The predicted molar refractivity (Wildman–Crippen MR) is 92.9 cm³/mol. The summed E-state index contributed by atoms with van der Waals surface area (Å²) in [6.45, 7) is 5.97. The van der Waals surface area contributed by atoms with Gasteiger partial charge in [0.2, 0.25) is 0 Å². The molecule has 1 unspecified atom stereocenters. The van der Waals surface area contributed by atoms with E-state index >= 15 is 0 Å². The van der Waals surface area contributed by atoms with Gasteiger partial charge in [-0.2, -0.15) is 0 Å². The maximum atomic E-state index is 11.7. The third kappa shape index (κ3) is 2.50. The smallest absolute Gasteiger partial charge is 0.151 e. The number of benzene rings is 1. The van der Waals surface area contributed by atoms with E-state index in [1.165, 1.54) is 11.3 Å². The van der Waals surface area contributed by atoms with E-state index in [1.54, 1.807) is 25.6 Å². The van der Waals surface area contributed by atoms with Crippen LogP contribution in [0.25, 0.3) is 10.2 Å². The number of pyridine rings is 1. The van der Waals surface area contributed by atoms with Crippen molar-refractivity contribution in [2.45, 2.75) is 26.4 Å². The molecule has 0 saturated carbocycles.